The third-order valence-corrected chi connectivity index (χ3v) is 3.74. The van der Waals surface area contributed by atoms with Gasteiger partial charge in [-0.3, -0.25) is 4.68 Å². The van der Waals surface area contributed by atoms with Crippen LogP contribution >= 0.6 is 12.4 Å². The van der Waals surface area contributed by atoms with Crippen molar-refractivity contribution in [1.82, 2.24) is 19.8 Å². The topological polar surface area (TPSA) is 85.2 Å². The molecule has 2 N–H and O–H groups in total. The van der Waals surface area contributed by atoms with E-state index in [2.05, 4.69) is 15.1 Å². The molecule has 1 aromatic rings. The predicted molar refractivity (Wildman–Crippen MR) is 75.4 cm³/mol. The first kappa shape index (κ1) is 20.2. The molecule has 0 aliphatic rings. The van der Waals surface area contributed by atoms with Crippen molar-refractivity contribution >= 4 is 22.4 Å². The highest BCUT2D eigenvalue weighted by molar-refractivity contribution is 7.89. The van der Waals surface area contributed by atoms with Gasteiger partial charge in [0.05, 0.1) is 12.8 Å². The standard InChI is InChI=1S/C10H18F2N4O3S.ClH/c1-19-5-4-13-2-3-15-20(17,18)9-6-14-16(7-9)8-10(11)12;/h6-7,10,13,15H,2-5,8H2,1H3;1H. The van der Waals surface area contributed by atoms with Gasteiger partial charge in [0, 0.05) is 32.9 Å². The van der Waals surface area contributed by atoms with Crippen LogP contribution in [0.3, 0.4) is 0 Å². The molecule has 0 amide bonds. The van der Waals surface area contributed by atoms with Crippen LogP contribution < -0.4 is 10.0 Å². The number of methoxy groups -OCH3 is 1. The number of rotatable bonds is 10. The number of halogens is 3. The van der Waals surface area contributed by atoms with Gasteiger partial charge in [-0.2, -0.15) is 5.10 Å². The van der Waals surface area contributed by atoms with Crippen molar-refractivity contribution in [2.24, 2.45) is 0 Å². The monoisotopic (exact) mass is 348 g/mol. The zero-order valence-electron chi connectivity index (χ0n) is 11.5. The van der Waals surface area contributed by atoms with Crippen LogP contribution in [0, 0.1) is 0 Å². The minimum absolute atomic E-state index is 0. The molecule has 0 aliphatic heterocycles. The molecule has 0 aliphatic carbocycles. The summed E-state index contributed by atoms with van der Waals surface area (Å²) in [7, 11) is -2.15. The maximum atomic E-state index is 12.1. The molecule has 0 saturated heterocycles. The summed E-state index contributed by atoms with van der Waals surface area (Å²) in [4.78, 5) is -0.130. The second-order valence-electron chi connectivity index (χ2n) is 3.93. The number of aromatic nitrogens is 2. The number of sulfonamides is 1. The van der Waals surface area contributed by atoms with Gasteiger partial charge in [0.2, 0.25) is 10.0 Å². The van der Waals surface area contributed by atoms with Gasteiger partial charge in [-0.15, -0.1) is 12.4 Å². The fraction of sp³-hybridized carbons (Fsp3) is 0.700. The average molecular weight is 349 g/mol. The Kier molecular flexibility index (Phi) is 9.62. The van der Waals surface area contributed by atoms with Gasteiger partial charge < -0.3 is 10.1 Å². The molecule has 1 aromatic heterocycles. The normalized spacial score (nSPS) is 11.6. The minimum atomic E-state index is -3.72. The molecular weight excluding hydrogens is 330 g/mol. The SMILES string of the molecule is COCCNCCNS(=O)(=O)c1cnn(CC(F)F)c1.Cl. The lowest BCUT2D eigenvalue weighted by atomic mass is 10.6. The second kappa shape index (κ2) is 10.0. The lowest BCUT2D eigenvalue weighted by molar-refractivity contribution is 0.121. The van der Waals surface area contributed by atoms with Crippen LogP contribution in [0.25, 0.3) is 0 Å². The largest absolute Gasteiger partial charge is 0.383 e. The Morgan fingerprint density at radius 2 is 2.10 bits per heavy atom. The Balaban J connectivity index is 0.00000400. The molecule has 1 heterocycles. The highest BCUT2D eigenvalue weighted by atomic mass is 35.5. The molecule has 0 fully saturated rings. The van der Waals surface area contributed by atoms with Gasteiger partial charge in [0.15, 0.2) is 0 Å². The summed E-state index contributed by atoms with van der Waals surface area (Å²) < 4.78 is 56.0. The summed E-state index contributed by atoms with van der Waals surface area (Å²) in [5.41, 5.74) is 0. The Morgan fingerprint density at radius 3 is 2.71 bits per heavy atom. The van der Waals surface area contributed by atoms with Crippen molar-refractivity contribution in [3.63, 3.8) is 0 Å². The van der Waals surface area contributed by atoms with Crippen LogP contribution in [0.15, 0.2) is 17.3 Å². The molecule has 0 spiro atoms. The van der Waals surface area contributed by atoms with E-state index in [9.17, 15) is 17.2 Å². The molecule has 7 nitrogen and oxygen atoms in total. The Labute approximate surface area is 128 Å². The van der Waals surface area contributed by atoms with Gasteiger partial charge in [0.1, 0.15) is 11.4 Å². The summed E-state index contributed by atoms with van der Waals surface area (Å²) in [6.07, 6.45) is -0.459. The van der Waals surface area contributed by atoms with Crippen LogP contribution in [-0.4, -0.2) is 58.0 Å². The van der Waals surface area contributed by atoms with Crippen molar-refractivity contribution in [1.29, 1.82) is 0 Å². The first-order valence-electron chi connectivity index (χ1n) is 5.95. The lowest BCUT2D eigenvalue weighted by Crippen LogP contribution is -2.33. The molecule has 21 heavy (non-hydrogen) atoms. The number of hydrogen-bond donors (Lipinski definition) is 2. The number of ether oxygens (including phenoxy) is 1. The molecule has 0 bridgehead atoms. The van der Waals surface area contributed by atoms with Crippen molar-refractivity contribution in [2.45, 2.75) is 17.9 Å². The molecule has 11 heteroatoms. The van der Waals surface area contributed by atoms with E-state index < -0.39 is 23.0 Å². The number of nitrogens with one attached hydrogen (secondary N) is 2. The number of hydrogen-bond acceptors (Lipinski definition) is 5. The summed E-state index contributed by atoms with van der Waals surface area (Å²) in [5.74, 6) is 0. The van der Waals surface area contributed by atoms with E-state index >= 15 is 0 Å². The molecule has 124 valence electrons. The van der Waals surface area contributed by atoms with Crippen LogP contribution in [-0.2, 0) is 21.3 Å². The van der Waals surface area contributed by atoms with Gasteiger partial charge in [-0.1, -0.05) is 0 Å². The van der Waals surface area contributed by atoms with E-state index in [0.29, 0.717) is 19.7 Å². The first-order chi connectivity index (χ1) is 9.45. The first-order valence-corrected chi connectivity index (χ1v) is 7.44. The van der Waals surface area contributed by atoms with E-state index in [1.165, 1.54) is 0 Å². The fourth-order valence-corrected chi connectivity index (χ4v) is 2.36. The van der Waals surface area contributed by atoms with Crippen LogP contribution in [0.5, 0.6) is 0 Å². The zero-order valence-corrected chi connectivity index (χ0v) is 13.1. The third-order valence-electron chi connectivity index (χ3n) is 2.32. The van der Waals surface area contributed by atoms with Crippen LogP contribution in [0.4, 0.5) is 8.78 Å². The van der Waals surface area contributed by atoms with E-state index in [-0.39, 0.29) is 23.8 Å². The Morgan fingerprint density at radius 1 is 1.38 bits per heavy atom. The van der Waals surface area contributed by atoms with Crippen molar-refractivity contribution < 1.29 is 21.9 Å². The lowest BCUT2D eigenvalue weighted by Gasteiger charge is -2.06. The average Bonchev–Trinajstić information content (AvgIpc) is 2.82. The smallest absolute Gasteiger partial charge is 0.257 e. The number of alkyl halides is 2. The van der Waals surface area contributed by atoms with Gasteiger partial charge in [-0.05, 0) is 0 Å². The van der Waals surface area contributed by atoms with Crippen molar-refractivity contribution in [3.8, 4) is 0 Å². The summed E-state index contributed by atoms with van der Waals surface area (Å²) >= 11 is 0. The Bertz CT molecular complexity index is 498. The molecule has 0 atom stereocenters. The quantitative estimate of drug-likeness (QED) is 0.585. The molecule has 1 rings (SSSR count). The van der Waals surface area contributed by atoms with Gasteiger partial charge in [-0.25, -0.2) is 21.9 Å². The molecule has 0 saturated carbocycles. The van der Waals surface area contributed by atoms with Gasteiger partial charge >= 0.3 is 0 Å². The maximum Gasteiger partial charge on any atom is 0.257 e. The van der Waals surface area contributed by atoms with E-state index in [4.69, 9.17) is 4.74 Å². The second-order valence-corrected chi connectivity index (χ2v) is 5.70. The van der Waals surface area contributed by atoms with Gasteiger partial charge in [0.25, 0.3) is 6.43 Å². The van der Waals surface area contributed by atoms with Crippen LogP contribution in [0.1, 0.15) is 0 Å². The molecule has 0 radical (unpaired) electrons. The summed E-state index contributed by atoms with van der Waals surface area (Å²) in [6, 6.07) is 0. The fourth-order valence-electron chi connectivity index (χ4n) is 1.38. The highest BCUT2D eigenvalue weighted by Crippen LogP contribution is 2.07. The van der Waals surface area contributed by atoms with Crippen LogP contribution in [0.2, 0.25) is 0 Å². The summed E-state index contributed by atoms with van der Waals surface area (Å²) in [6.45, 7) is 1.14. The molecular formula is C10H19ClF2N4O3S. The maximum absolute atomic E-state index is 12.1. The third kappa shape index (κ3) is 7.67. The van der Waals surface area contributed by atoms with E-state index in [1.54, 1.807) is 7.11 Å². The molecule has 0 unspecified atom stereocenters. The zero-order chi connectivity index (χ0) is 15.0. The highest BCUT2D eigenvalue weighted by Gasteiger charge is 2.16. The number of nitrogens with zero attached hydrogens (tertiary/aromatic N) is 2. The minimum Gasteiger partial charge on any atom is -0.383 e. The Hall–Kier alpha value is -0.810. The van der Waals surface area contributed by atoms with Crippen molar-refractivity contribution in [2.75, 3.05) is 33.4 Å². The van der Waals surface area contributed by atoms with Crippen molar-refractivity contribution in [3.05, 3.63) is 12.4 Å². The van der Waals surface area contributed by atoms with E-state index in [0.717, 1.165) is 17.1 Å². The molecule has 0 aromatic carbocycles. The predicted octanol–water partition coefficient (Wildman–Crippen LogP) is 0.0843. The van der Waals surface area contributed by atoms with E-state index in [1.807, 2.05) is 0 Å². The summed E-state index contributed by atoms with van der Waals surface area (Å²) in [5, 5.41) is 6.55.